The number of benzene rings is 1. The summed E-state index contributed by atoms with van der Waals surface area (Å²) >= 11 is 1.27. The molecule has 47 heavy (non-hydrogen) atoms. The number of aromatic amines is 1. The molecule has 4 aromatic rings. The molecule has 0 spiro atoms. The Labute approximate surface area is 269 Å². The molecule has 18 heteroatoms. The molecule has 2 unspecified atom stereocenters. The first-order valence-corrected chi connectivity index (χ1v) is 15.2. The van der Waals surface area contributed by atoms with E-state index in [2.05, 4.69) is 30.6 Å². The Morgan fingerprint density at radius 2 is 1.98 bits per heavy atom. The van der Waals surface area contributed by atoms with E-state index in [0.717, 1.165) is 21.5 Å². The van der Waals surface area contributed by atoms with Crippen LogP contribution in [0.25, 0.3) is 22.4 Å². The SMILES string of the molecule is CC(C1=C(C(=O)O)N2C(=O)C(NC(=O)C(=NOC(C)(C)C(=O)O)c3noc(N)n3)[C@@H]2SC1)[n+]1ccc2nc(-c3ccccc3)[nH]c2c1. The molecule has 0 saturated carbocycles. The van der Waals surface area contributed by atoms with Crippen LogP contribution in [0, 0.1) is 0 Å². The largest absolute Gasteiger partial charge is 0.478 e. The van der Waals surface area contributed by atoms with Crippen LogP contribution in [0.2, 0.25) is 0 Å². The van der Waals surface area contributed by atoms with E-state index < -0.39 is 64.4 Å². The van der Waals surface area contributed by atoms with Crippen molar-refractivity contribution in [3.63, 3.8) is 0 Å². The minimum Gasteiger partial charge on any atom is -0.478 e. The van der Waals surface area contributed by atoms with E-state index in [9.17, 15) is 29.4 Å². The second-order valence-corrected chi connectivity index (χ2v) is 12.3. The van der Waals surface area contributed by atoms with Crippen molar-refractivity contribution in [1.29, 1.82) is 0 Å². The molecule has 3 aromatic heterocycles. The van der Waals surface area contributed by atoms with Gasteiger partial charge < -0.3 is 35.6 Å². The van der Waals surface area contributed by atoms with Gasteiger partial charge in [-0.3, -0.25) is 14.5 Å². The van der Waals surface area contributed by atoms with Gasteiger partial charge in [-0.2, -0.15) is 9.55 Å². The smallest absolute Gasteiger partial charge is 0.352 e. The Morgan fingerprint density at radius 3 is 2.64 bits per heavy atom. The number of aliphatic carboxylic acids is 2. The number of aromatic nitrogens is 5. The first-order valence-electron chi connectivity index (χ1n) is 14.1. The molecule has 0 radical (unpaired) electrons. The molecule has 1 fully saturated rings. The Balaban J connectivity index is 1.24. The van der Waals surface area contributed by atoms with E-state index in [1.807, 2.05) is 54.1 Å². The van der Waals surface area contributed by atoms with Gasteiger partial charge in [-0.1, -0.05) is 40.6 Å². The Morgan fingerprint density at radius 1 is 1.23 bits per heavy atom. The van der Waals surface area contributed by atoms with E-state index in [1.165, 1.54) is 25.6 Å². The predicted octanol–water partition coefficient (Wildman–Crippen LogP) is 1.07. The number of carboxylic acid groups (broad SMARTS) is 2. The topological polar surface area (TPSA) is 243 Å². The molecule has 6 N–H and O–H groups in total. The van der Waals surface area contributed by atoms with Gasteiger partial charge in [0.15, 0.2) is 18.4 Å². The van der Waals surface area contributed by atoms with Crippen molar-refractivity contribution in [2.45, 2.75) is 43.8 Å². The van der Waals surface area contributed by atoms with Crippen LogP contribution in [0.3, 0.4) is 0 Å². The van der Waals surface area contributed by atoms with Crippen LogP contribution in [0.1, 0.15) is 32.6 Å². The number of imidazole rings is 1. The van der Waals surface area contributed by atoms with Crippen LogP contribution in [-0.4, -0.2) is 87.5 Å². The number of β-lactam (4-membered cyclic amide) rings is 1. The van der Waals surface area contributed by atoms with E-state index in [1.54, 1.807) is 6.20 Å². The summed E-state index contributed by atoms with van der Waals surface area (Å²) < 4.78 is 6.55. The molecule has 2 aliphatic heterocycles. The summed E-state index contributed by atoms with van der Waals surface area (Å²) in [5, 5.41) is 28.5. The maximum absolute atomic E-state index is 13.4. The lowest BCUT2D eigenvalue weighted by Gasteiger charge is -2.49. The minimum atomic E-state index is -1.83. The number of nitrogens with one attached hydrogen (secondary N) is 2. The average molecular weight is 663 g/mol. The number of rotatable bonds is 10. The van der Waals surface area contributed by atoms with Crippen molar-refractivity contribution < 1.29 is 43.3 Å². The van der Waals surface area contributed by atoms with Crippen LogP contribution in [0.4, 0.5) is 6.01 Å². The second-order valence-electron chi connectivity index (χ2n) is 11.2. The lowest BCUT2D eigenvalue weighted by atomic mass is 9.99. The van der Waals surface area contributed by atoms with Crippen LogP contribution in [-0.2, 0) is 24.0 Å². The van der Waals surface area contributed by atoms with Gasteiger partial charge in [0.2, 0.25) is 17.1 Å². The summed E-state index contributed by atoms with van der Waals surface area (Å²) in [6.45, 7) is 4.24. The zero-order chi connectivity index (χ0) is 33.6. The van der Waals surface area contributed by atoms with Gasteiger partial charge >= 0.3 is 18.0 Å². The van der Waals surface area contributed by atoms with Gasteiger partial charge in [-0.15, -0.1) is 11.8 Å². The molecule has 2 amide bonds. The number of nitrogens with two attached hydrogens (primary N) is 1. The summed E-state index contributed by atoms with van der Waals surface area (Å²) in [7, 11) is 0. The predicted molar refractivity (Wildman–Crippen MR) is 164 cm³/mol. The third-order valence-corrected chi connectivity index (χ3v) is 8.98. The third kappa shape index (κ3) is 5.73. The summed E-state index contributed by atoms with van der Waals surface area (Å²) in [6, 6.07) is 9.46. The third-order valence-electron chi connectivity index (χ3n) is 7.68. The highest BCUT2D eigenvalue weighted by molar-refractivity contribution is 8.00. The van der Waals surface area contributed by atoms with Crippen molar-refractivity contribution in [3.05, 3.63) is 65.9 Å². The molecule has 0 aliphatic carbocycles. The lowest BCUT2D eigenvalue weighted by molar-refractivity contribution is -0.710. The molecule has 1 saturated heterocycles. The molecule has 1 aromatic carbocycles. The van der Waals surface area contributed by atoms with Gasteiger partial charge in [0.25, 0.3) is 11.8 Å². The van der Waals surface area contributed by atoms with Crippen LogP contribution in [0.5, 0.6) is 0 Å². The molecular weight excluding hydrogens is 634 g/mol. The van der Waals surface area contributed by atoms with Crippen LogP contribution in [0.15, 0.2) is 69.7 Å². The normalized spacial score (nSPS) is 18.8. The fourth-order valence-corrected chi connectivity index (χ4v) is 6.48. The minimum absolute atomic E-state index is 0.176. The number of anilines is 1. The van der Waals surface area contributed by atoms with Crippen molar-refractivity contribution in [3.8, 4) is 11.4 Å². The maximum Gasteiger partial charge on any atom is 0.352 e. The zero-order valence-electron chi connectivity index (χ0n) is 25.1. The van der Waals surface area contributed by atoms with Gasteiger partial charge in [-0.05, 0) is 13.8 Å². The quantitative estimate of drug-likeness (QED) is 0.0691. The van der Waals surface area contributed by atoms with E-state index in [0.29, 0.717) is 11.4 Å². The second kappa shape index (κ2) is 11.9. The highest BCUT2D eigenvalue weighted by atomic mass is 32.2. The highest BCUT2D eigenvalue weighted by Crippen LogP contribution is 2.42. The number of pyridine rings is 1. The number of hydrogen-bond donors (Lipinski definition) is 5. The monoisotopic (exact) mass is 662 g/mol. The average Bonchev–Trinajstić information content (AvgIpc) is 3.68. The number of hydrogen-bond acceptors (Lipinski definition) is 12. The number of oxime groups is 1. The summed E-state index contributed by atoms with van der Waals surface area (Å²) in [5.74, 6) is -3.80. The molecule has 242 valence electrons. The first-order chi connectivity index (χ1) is 22.4. The standard InChI is InChI=1S/C29H27N9O8S/c1-13(37-10-9-16-17(11-37)32-21(31-16)14-7-5-4-6-8-14)15-12-47-25-19(24(40)38(25)20(15)26(41)42)33-23(39)18(22-34-28(30)45-36-22)35-46-29(2,3)27(43)44/h4-11,13,19,25H,12H2,1-3H3,(H5,30,33,34,36,39,41,42,43,44)/p+1/t13?,19?,25-/m0/s1. The van der Waals surface area contributed by atoms with Gasteiger partial charge in [-0.25, -0.2) is 14.6 Å². The van der Waals surface area contributed by atoms with E-state index in [4.69, 9.17) is 15.1 Å². The molecule has 3 atom stereocenters. The maximum atomic E-state index is 13.4. The first kappa shape index (κ1) is 31.2. The Hall–Kier alpha value is -5.78. The van der Waals surface area contributed by atoms with Crippen molar-refractivity contribution >= 4 is 58.3 Å². The number of thioether (sulfide) groups is 1. The number of nitrogens with zero attached hydrogens (tertiary/aromatic N) is 6. The molecule has 2 aliphatic rings. The van der Waals surface area contributed by atoms with Crippen LogP contribution < -0.4 is 15.6 Å². The Kier molecular flexibility index (Phi) is 7.88. The molecule has 5 heterocycles. The van der Waals surface area contributed by atoms with Crippen molar-refractivity contribution in [1.82, 2.24) is 30.3 Å². The fourth-order valence-electron chi connectivity index (χ4n) is 5.01. The van der Waals surface area contributed by atoms with Crippen molar-refractivity contribution in [2.75, 3.05) is 11.5 Å². The fraction of sp³-hybridized carbons (Fsp3) is 0.276. The lowest BCUT2D eigenvalue weighted by Crippen LogP contribution is -2.71. The zero-order valence-corrected chi connectivity index (χ0v) is 25.9. The summed E-state index contributed by atoms with van der Waals surface area (Å²) in [5.41, 5.74) is 5.77. The van der Waals surface area contributed by atoms with E-state index >= 15 is 0 Å². The van der Waals surface area contributed by atoms with E-state index in [-0.39, 0.29) is 11.4 Å². The number of H-pyrrole nitrogens is 1. The number of carboxylic acids is 2. The number of fused-ring (bicyclic) bond motifs is 2. The number of nitrogen functional groups attached to an aromatic ring is 1. The van der Waals surface area contributed by atoms with Crippen LogP contribution >= 0.6 is 11.8 Å². The number of carbonyl (C=O) groups is 4. The molecular formula is C29H28N9O8S+. The van der Waals surface area contributed by atoms with Crippen molar-refractivity contribution in [2.24, 2.45) is 5.16 Å². The van der Waals surface area contributed by atoms with Gasteiger partial charge in [0.1, 0.15) is 34.0 Å². The molecule has 17 nitrogen and oxygen atoms in total. The summed E-state index contributed by atoms with van der Waals surface area (Å²) in [4.78, 5) is 68.6. The summed E-state index contributed by atoms with van der Waals surface area (Å²) in [6.07, 6.45) is 3.63. The Bertz CT molecular complexity index is 1990. The number of carbonyl (C=O) groups excluding carboxylic acids is 2. The highest BCUT2D eigenvalue weighted by Gasteiger charge is 2.55. The molecule has 0 bridgehead atoms. The number of amides is 2. The van der Waals surface area contributed by atoms with Gasteiger partial charge in [0, 0.05) is 29.9 Å². The van der Waals surface area contributed by atoms with Gasteiger partial charge in [0.05, 0.1) is 0 Å². The molecule has 6 rings (SSSR count).